The average Bonchev–Trinajstić information content (AvgIpc) is 2.72. The average molecular weight is 345 g/mol. The molecule has 0 spiro atoms. The number of benzene rings is 3. The van der Waals surface area contributed by atoms with Crippen LogP contribution in [0.3, 0.4) is 0 Å². The molecule has 3 aromatic carbocycles. The van der Waals surface area contributed by atoms with Crippen LogP contribution in [0.4, 0.5) is 0 Å². The minimum absolute atomic E-state index is 0.336. The van der Waals surface area contributed by atoms with Gasteiger partial charge in [0, 0.05) is 6.07 Å². The Morgan fingerprint density at radius 3 is 2.12 bits per heavy atom. The highest BCUT2D eigenvalue weighted by Crippen LogP contribution is 2.24. The zero-order valence-corrected chi connectivity index (χ0v) is 14.5. The molecule has 0 amide bonds. The third kappa shape index (κ3) is 4.34. The van der Waals surface area contributed by atoms with Crippen molar-refractivity contribution in [2.75, 3.05) is 20.3 Å². The monoisotopic (exact) mass is 345 g/mol. The van der Waals surface area contributed by atoms with Crippen molar-refractivity contribution >= 4 is 0 Å². The maximum atomic E-state index is 9.13. The fourth-order valence-electron chi connectivity index (χ4n) is 2.53. The van der Waals surface area contributed by atoms with Crippen LogP contribution in [0.25, 0.3) is 11.1 Å². The molecule has 0 atom stereocenters. The molecule has 0 bridgehead atoms. The third-order valence-corrected chi connectivity index (χ3v) is 3.88. The standard InChI is InChI=1S/C22H19NO3/c1-24-21-12-9-19(16-23)22(15-21)26-14-13-25-20-10-7-18(8-11-20)17-5-3-2-4-6-17/h2-12,15H,13-14H2,1H3. The van der Waals surface area contributed by atoms with Crippen LogP contribution in [0.2, 0.25) is 0 Å². The van der Waals surface area contributed by atoms with E-state index < -0.39 is 0 Å². The normalized spacial score (nSPS) is 10.0. The number of rotatable bonds is 7. The van der Waals surface area contributed by atoms with Gasteiger partial charge in [-0.25, -0.2) is 0 Å². The zero-order valence-electron chi connectivity index (χ0n) is 14.5. The topological polar surface area (TPSA) is 51.5 Å². The van der Waals surface area contributed by atoms with E-state index in [2.05, 4.69) is 18.2 Å². The molecule has 0 aliphatic heterocycles. The first-order valence-electron chi connectivity index (χ1n) is 8.29. The second-order valence-corrected chi connectivity index (χ2v) is 5.56. The quantitative estimate of drug-likeness (QED) is 0.583. The van der Waals surface area contributed by atoms with Crippen molar-refractivity contribution in [3.8, 4) is 34.4 Å². The molecule has 3 rings (SSSR count). The zero-order chi connectivity index (χ0) is 18.2. The van der Waals surface area contributed by atoms with Gasteiger partial charge in [0.2, 0.25) is 0 Å². The third-order valence-electron chi connectivity index (χ3n) is 3.88. The van der Waals surface area contributed by atoms with E-state index in [1.165, 1.54) is 5.56 Å². The molecule has 0 aliphatic rings. The van der Waals surface area contributed by atoms with Gasteiger partial charge in [0.15, 0.2) is 0 Å². The van der Waals surface area contributed by atoms with Crippen molar-refractivity contribution < 1.29 is 14.2 Å². The van der Waals surface area contributed by atoms with Crippen LogP contribution >= 0.6 is 0 Å². The van der Waals surface area contributed by atoms with Crippen LogP contribution in [0.15, 0.2) is 72.8 Å². The highest BCUT2D eigenvalue weighted by atomic mass is 16.5. The van der Waals surface area contributed by atoms with E-state index in [1.54, 1.807) is 25.3 Å². The molecule has 130 valence electrons. The summed E-state index contributed by atoms with van der Waals surface area (Å²) in [6.07, 6.45) is 0. The first-order valence-corrected chi connectivity index (χ1v) is 8.29. The van der Waals surface area contributed by atoms with Gasteiger partial charge in [-0.3, -0.25) is 0 Å². The van der Waals surface area contributed by atoms with E-state index >= 15 is 0 Å². The Labute approximate surface area is 153 Å². The number of nitriles is 1. The van der Waals surface area contributed by atoms with Crippen LogP contribution < -0.4 is 14.2 Å². The van der Waals surface area contributed by atoms with E-state index in [9.17, 15) is 0 Å². The summed E-state index contributed by atoms with van der Waals surface area (Å²) in [5, 5.41) is 9.13. The van der Waals surface area contributed by atoms with Crippen molar-refractivity contribution in [1.82, 2.24) is 0 Å². The molecule has 3 aromatic rings. The van der Waals surface area contributed by atoms with E-state index in [0.29, 0.717) is 30.3 Å². The molecular formula is C22H19NO3. The Morgan fingerprint density at radius 2 is 1.42 bits per heavy atom. The molecule has 0 aliphatic carbocycles. The van der Waals surface area contributed by atoms with Gasteiger partial charge in [0.25, 0.3) is 0 Å². The lowest BCUT2D eigenvalue weighted by Gasteiger charge is -2.11. The van der Waals surface area contributed by atoms with Crippen molar-refractivity contribution in [3.63, 3.8) is 0 Å². The van der Waals surface area contributed by atoms with Crippen molar-refractivity contribution in [2.24, 2.45) is 0 Å². The Kier molecular flexibility index (Phi) is 5.74. The predicted molar refractivity (Wildman–Crippen MR) is 101 cm³/mol. The summed E-state index contributed by atoms with van der Waals surface area (Å²) >= 11 is 0. The van der Waals surface area contributed by atoms with E-state index in [4.69, 9.17) is 19.5 Å². The molecule has 0 heterocycles. The number of nitrogens with zero attached hydrogens (tertiary/aromatic N) is 1. The number of methoxy groups -OCH3 is 1. The minimum atomic E-state index is 0.336. The van der Waals surface area contributed by atoms with Gasteiger partial charge in [-0.1, -0.05) is 42.5 Å². The number of ether oxygens (including phenoxy) is 3. The Bertz CT molecular complexity index is 884. The summed E-state index contributed by atoms with van der Waals surface area (Å²) in [5.41, 5.74) is 2.78. The molecule has 0 radical (unpaired) electrons. The molecule has 0 N–H and O–H groups in total. The molecule has 4 heteroatoms. The molecule has 0 saturated heterocycles. The smallest absolute Gasteiger partial charge is 0.140 e. The van der Waals surface area contributed by atoms with Crippen molar-refractivity contribution in [2.45, 2.75) is 0 Å². The molecule has 0 unspecified atom stereocenters. The summed E-state index contributed by atoms with van der Waals surface area (Å²) in [6, 6.07) is 25.3. The largest absolute Gasteiger partial charge is 0.497 e. The van der Waals surface area contributed by atoms with Crippen LogP contribution in [-0.2, 0) is 0 Å². The van der Waals surface area contributed by atoms with E-state index in [0.717, 1.165) is 11.3 Å². The second kappa shape index (κ2) is 8.59. The molecule has 0 saturated carbocycles. The maximum absolute atomic E-state index is 9.13. The summed E-state index contributed by atoms with van der Waals surface area (Å²) in [7, 11) is 1.58. The second-order valence-electron chi connectivity index (χ2n) is 5.56. The van der Waals surface area contributed by atoms with Gasteiger partial charge in [-0.15, -0.1) is 0 Å². The number of hydrogen-bond donors (Lipinski definition) is 0. The Balaban J connectivity index is 1.53. The first-order chi connectivity index (χ1) is 12.8. The molecular weight excluding hydrogens is 326 g/mol. The summed E-state index contributed by atoms with van der Waals surface area (Å²) in [5.74, 6) is 1.92. The summed E-state index contributed by atoms with van der Waals surface area (Å²) in [6.45, 7) is 0.717. The first kappa shape index (κ1) is 17.4. The predicted octanol–water partition coefficient (Wildman–Crippen LogP) is 4.69. The molecule has 0 aromatic heterocycles. The van der Waals surface area contributed by atoms with Gasteiger partial charge in [0.05, 0.1) is 12.7 Å². The molecule has 4 nitrogen and oxygen atoms in total. The summed E-state index contributed by atoms with van der Waals surface area (Å²) < 4.78 is 16.5. The van der Waals surface area contributed by atoms with E-state index in [1.807, 2.05) is 42.5 Å². The fraction of sp³-hybridized carbons (Fsp3) is 0.136. The number of hydrogen-bond acceptors (Lipinski definition) is 4. The maximum Gasteiger partial charge on any atom is 0.140 e. The van der Waals surface area contributed by atoms with Crippen molar-refractivity contribution in [1.29, 1.82) is 5.26 Å². The van der Waals surface area contributed by atoms with Crippen LogP contribution in [0.1, 0.15) is 5.56 Å². The fourth-order valence-corrected chi connectivity index (χ4v) is 2.53. The lowest BCUT2D eigenvalue weighted by Crippen LogP contribution is -2.09. The van der Waals surface area contributed by atoms with Crippen LogP contribution in [0.5, 0.6) is 17.2 Å². The SMILES string of the molecule is COc1ccc(C#N)c(OCCOc2ccc(-c3ccccc3)cc2)c1. The molecule has 0 fully saturated rings. The van der Waals surface area contributed by atoms with Crippen molar-refractivity contribution in [3.05, 3.63) is 78.4 Å². The lowest BCUT2D eigenvalue weighted by molar-refractivity contribution is 0.216. The van der Waals surface area contributed by atoms with Crippen LogP contribution in [0, 0.1) is 11.3 Å². The summed E-state index contributed by atoms with van der Waals surface area (Å²) in [4.78, 5) is 0. The Hall–Kier alpha value is -3.45. The Morgan fingerprint density at radius 1 is 0.769 bits per heavy atom. The highest BCUT2D eigenvalue weighted by molar-refractivity contribution is 5.63. The van der Waals surface area contributed by atoms with Gasteiger partial charge >= 0.3 is 0 Å². The lowest BCUT2D eigenvalue weighted by atomic mass is 10.1. The van der Waals surface area contributed by atoms with Gasteiger partial charge in [0.1, 0.15) is 36.5 Å². The van der Waals surface area contributed by atoms with Gasteiger partial charge in [-0.2, -0.15) is 5.26 Å². The van der Waals surface area contributed by atoms with E-state index in [-0.39, 0.29) is 0 Å². The van der Waals surface area contributed by atoms with Crippen LogP contribution in [-0.4, -0.2) is 20.3 Å². The van der Waals surface area contributed by atoms with Gasteiger partial charge in [-0.05, 0) is 35.4 Å². The van der Waals surface area contributed by atoms with Gasteiger partial charge < -0.3 is 14.2 Å². The minimum Gasteiger partial charge on any atom is -0.497 e. The highest BCUT2D eigenvalue weighted by Gasteiger charge is 2.05. The molecule has 26 heavy (non-hydrogen) atoms.